The summed E-state index contributed by atoms with van der Waals surface area (Å²) in [6.07, 6.45) is 0.790. The Balaban J connectivity index is 2.39. The van der Waals surface area contributed by atoms with Crippen LogP contribution < -0.4 is 0 Å². The number of carbonyl (C=O) groups is 1. The third-order valence-electron chi connectivity index (χ3n) is 3.53. The fourth-order valence-electron chi connectivity index (χ4n) is 2.19. The van der Waals surface area contributed by atoms with Crippen LogP contribution in [-0.2, 0) is 12.0 Å². The summed E-state index contributed by atoms with van der Waals surface area (Å²) >= 11 is 0. The van der Waals surface area contributed by atoms with Crippen LogP contribution in [0.1, 0.15) is 42.3 Å². The van der Waals surface area contributed by atoms with Gasteiger partial charge < -0.3 is 5.11 Å². The lowest BCUT2D eigenvalue weighted by Crippen LogP contribution is -2.10. The average Bonchev–Trinajstić information content (AvgIpc) is 2.45. The van der Waals surface area contributed by atoms with E-state index in [0.717, 1.165) is 17.4 Å². The molecule has 0 heterocycles. The standard InChI is InChI=1S/C18H20O2/c1-18(2,3)17-8-6-13(7-9-17)14-4-5-15(11-19)16(10-14)12-20/h4-10,12,19H,11H2,1-3H3. The Kier molecular flexibility index (Phi) is 4.05. The van der Waals surface area contributed by atoms with E-state index in [1.807, 2.05) is 12.1 Å². The van der Waals surface area contributed by atoms with Crippen molar-refractivity contribution in [2.75, 3.05) is 0 Å². The Morgan fingerprint density at radius 1 is 1.00 bits per heavy atom. The summed E-state index contributed by atoms with van der Waals surface area (Å²) in [5, 5.41) is 9.18. The number of benzene rings is 2. The van der Waals surface area contributed by atoms with Crippen LogP contribution in [0.15, 0.2) is 42.5 Å². The van der Waals surface area contributed by atoms with Crippen LogP contribution in [0.2, 0.25) is 0 Å². The smallest absolute Gasteiger partial charge is 0.150 e. The van der Waals surface area contributed by atoms with Gasteiger partial charge >= 0.3 is 0 Å². The molecule has 0 aromatic heterocycles. The molecule has 0 saturated heterocycles. The molecule has 2 nitrogen and oxygen atoms in total. The molecular weight excluding hydrogens is 248 g/mol. The predicted molar refractivity (Wildman–Crippen MR) is 81.9 cm³/mol. The normalized spacial score (nSPS) is 11.4. The summed E-state index contributed by atoms with van der Waals surface area (Å²) in [6, 6.07) is 13.9. The van der Waals surface area contributed by atoms with Crippen molar-refractivity contribution in [2.24, 2.45) is 0 Å². The highest BCUT2D eigenvalue weighted by atomic mass is 16.3. The Labute approximate surface area is 120 Å². The average molecular weight is 268 g/mol. The third-order valence-corrected chi connectivity index (χ3v) is 3.53. The van der Waals surface area contributed by atoms with E-state index in [2.05, 4.69) is 45.0 Å². The van der Waals surface area contributed by atoms with Gasteiger partial charge in [0, 0.05) is 5.56 Å². The van der Waals surface area contributed by atoms with E-state index in [1.165, 1.54) is 5.56 Å². The molecule has 0 aliphatic heterocycles. The molecule has 2 aromatic carbocycles. The van der Waals surface area contributed by atoms with E-state index in [0.29, 0.717) is 11.1 Å². The van der Waals surface area contributed by atoms with Gasteiger partial charge in [-0.05, 0) is 33.7 Å². The monoisotopic (exact) mass is 268 g/mol. The molecule has 0 atom stereocenters. The van der Waals surface area contributed by atoms with Gasteiger partial charge in [0.05, 0.1) is 6.61 Å². The summed E-state index contributed by atoms with van der Waals surface area (Å²) in [5.74, 6) is 0. The molecule has 0 aliphatic rings. The van der Waals surface area contributed by atoms with E-state index in [4.69, 9.17) is 0 Å². The first-order chi connectivity index (χ1) is 9.45. The van der Waals surface area contributed by atoms with E-state index in [1.54, 1.807) is 6.07 Å². The maximum absolute atomic E-state index is 11.0. The zero-order valence-electron chi connectivity index (χ0n) is 12.2. The molecule has 2 rings (SSSR count). The Bertz CT molecular complexity index is 604. The van der Waals surface area contributed by atoms with Crippen LogP contribution in [0.5, 0.6) is 0 Å². The van der Waals surface area contributed by atoms with Crippen molar-refractivity contribution >= 4 is 6.29 Å². The number of carbonyl (C=O) groups excluding carboxylic acids is 1. The Morgan fingerprint density at radius 2 is 1.60 bits per heavy atom. The second kappa shape index (κ2) is 5.59. The zero-order valence-corrected chi connectivity index (χ0v) is 12.2. The van der Waals surface area contributed by atoms with Gasteiger partial charge in [-0.15, -0.1) is 0 Å². The summed E-state index contributed by atoms with van der Waals surface area (Å²) in [5.41, 5.74) is 4.69. The third kappa shape index (κ3) is 2.97. The summed E-state index contributed by atoms with van der Waals surface area (Å²) in [7, 11) is 0. The molecule has 0 bridgehead atoms. The van der Waals surface area contributed by atoms with Crippen LogP contribution in [0.25, 0.3) is 11.1 Å². The SMILES string of the molecule is CC(C)(C)c1ccc(-c2ccc(CO)c(C=O)c2)cc1. The lowest BCUT2D eigenvalue weighted by molar-refractivity contribution is 0.112. The highest BCUT2D eigenvalue weighted by molar-refractivity contribution is 5.81. The topological polar surface area (TPSA) is 37.3 Å². The lowest BCUT2D eigenvalue weighted by atomic mass is 9.86. The second-order valence-corrected chi connectivity index (χ2v) is 6.02. The van der Waals surface area contributed by atoms with Gasteiger partial charge in [0.15, 0.2) is 0 Å². The Morgan fingerprint density at radius 3 is 2.10 bits per heavy atom. The van der Waals surface area contributed by atoms with Crippen LogP contribution in [0.4, 0.5) is 0 Å². The highest BCUT2D eigenvalue weighted by Gasteiger charge is 2.13. The van der Waals surface area contributed by atoms with Gasteiger partial charge in [-0.3, -0.25) is 4.79 Å². The Hall–Kier alpha value is -1.93. The zero-order chi connectivity index (χ0) is 14.8. The number of hydrogen-bond donors (Lipinski definition) is 1. The van der Waals surface area contributed by atoms with Gasteiger partial charge in [-0.2, -0.15) is 0 Å². The van der Waals surface area contributed by atoms with Gasteiger partial charge in [-0.1, -0.05) is 57.2 Å². The number of aliphatic hydroxyl groups is 1. The van der Waals surface area contributed by atoms with Gasteiger partial charge in [-0.25, -0.2) is 0 Å². The number of aldehydes is 1. The fraction of sp³-hybridized carbons (Fsp3) is 0.278. The second-order valence-electron chi connectivity index (χ2n) is 6.02. The minimum absolute atomic E-state index is 0.114. The first-order valence-corrected chi connectivity index (χ1v) is 6.75. The summed E-state index contributed by atoms with van der Waals surface area (Å²) in [6.45, 7) is 6.44. The summed E-state index contributed by atoms with van der Waals surface area (Å²) in [4.78, 5) is 11.0. The molecule has 20 heavy (non-hydrogen) atoms. The van der Waals surface area contributed by atoms with Crippen LogP contribution >= 0.6 is 0 Å². The molecule has 1 N–H and O–H groups in total. The van der Waals surface area contributed by atoms with E-state index in [-0.39, 0.29) is 12.0 Å². The lowest BCUT2D eigenvalue weighted by Gasteiger charge is -2.19. The summed E-state index contributed by atoms with van der Waals surface area (Å²) < 4.78 is 0. The minimum Gasteiger partial charge on any atom is -0.392 e. The van der Waals surface area contributed by atoms with Crippen molar-refractivity contribution in [3.63, 3.8) is 0 Å². The van der Waals surface area contributed by atoms with Crippen molar-refractivity contribution in [1.82, 2.24) is 0 Å². The van der Waals surface area contributed by atoms with E-state index >= 15 is 0 Å². The van der Waals surface area contributed by atoms with Crippen molar-refractivity contribution in [3.8, 4) is 11.1 Å². The maximum atomic E-state index is 11.0. The molecule has 104 valence electrons. The molecule has 0 aliphatic carbocycles. The van der Waals surface area contributed by atoms with Crippen LogP contribution in [0.3, 0.4) is 0 Å². The van der Waals surface area contributed by atoms with Crippen molar-refractivity contribution in [2.45, 2.75) is 32.8 Å². The minimum atomic E-state index is -0.114. The molecular formula is C18H20O2. The largest absolute Gasteiger partial charge is 0.392 e. The number of rotatable bonds is 3. The van der Waals surface area contributed by atoms with Crippen molar-refractivity contribution < 1.29 is 9.90 Å². The van der Waals surface area contributed by atoms with Crippen molar-refractivity contribution in [1.29, 1.82) is 0 Å². The molecule has 0 radical (unpaired) electrons. The maximum Gasteiger partial charge on any atom is 0.150 e. The number of aliphatic hydroxyl groups excluding tert-OH is 1. The highest BCUT2D eigenvalue weighted by Crippen LogP contribution is 2.27. The molecule has 0 saturated carbocycles. The van der Waals surface area contributed by atoms with Crippen LogP contribution in [-0.4, -0.2) is 11.4 Å². The quantitative estimate of drug-likeness (QED) is 0.856. The van der Waals surface area contributed by atoms with E-state index in [9.17, 15) is 9.90 Å². The molecule has 2 heteroatoms. The van der Waals surface area contributed by atoms with Crippen molar-refractivity contribution in [3.05, 3.63) is 59.2 Å². The fourth-order valence-corrected chi connectivity index (χ4v) is 2.19. The molecule has 0 spiro atoms. The first kappa shape index (κ1) is 14.5. The van der Waals surface area contributed by atoms with Crippen LogP contribution in [0, 0.1) is 0 Å². The number of hydrogen-bond acceptors (Lipinski definition) is 2. The van der Waals surface area contributed by atoms with Gasteiger partial charge in [0.25, 0.3) is 0 Å². The molecule has 0 fully saturated rings. The predicted octanol–water partition coefficient (Wildman–Crippen LogP) is 3.96. The molecule has 0 amide bonds. The van der Waals surface area contributed by atoms with E-state index < -0.39 is 0 Å². The first-order valence-electron chi connectivity index (χ1n) is 6.75. The molecule has 0 unspecified atom stereocenters. The molecule has 2 aromatic rings. The van der Waals surface area contributed by atoms with Gasteiger partial charge in [0.2, 0.25) is 0 Å². The van der Waals surface area contributed by atoms with Gasteiger partial charge in [0.1, 0.15) is 6.29 Å².